The lowest BCUT2D eigenvalue weighted by Crippen LogP contribution is -2.12. The Morgan fingerprint density at radius 2 is 1.50 bits per heavy atom. The van der Waals surface area contributed by atoms with Gasteiger partial charge in [0.25, 0.3) is 0 Å². The molecule has 2 aromatic heterocycles. The lowest BCUT2D eigenvalue weighted by atomic mass is 10.1. The fraction of sp³-hybridized carbons (Fsp3) is 0.167. The lowest BCUT2D eigenvalue weighted by Gasteiger charge is -2.12. The van der Waals surface area contributed by atoms with Crippen molar-refractivity contribution in [1.82, 2.24) is 9.97 Å². The van der Waals surface area contributed by atoms with Gasteiger partial charge in [-0.1, -0.05) is 6.07 Å². The summed E-state index contributed by atoms with van der Waals surface area (Å²) in [6.45, 7) is 0. The van der Waals surface area contributed by atoms with E-state index in [0.29, 0.717) is 6.07 Å². The predicted molar refractivity (Wildman–Crippen MR) is 57.5 cm³/mol. The maximum absolute atomic E-state index is 12.8. The molecule has 0 saturated carbocycles. The summed E-state index contributed by atoms with van der Waals surface area (Å²) in [5, 5.41) is 0. The average Bonchev–Trinajstić information content (AvgIpc) is 2.37. The minimum Gasteiger partial charge on any atom is -0.251 e. The number of pyridine rings is 2. The largest absolute Gasteiger partial charge is 0.434 e. The molecule has 0 radical (unpaired) electrons. The van der Waals surface area contributed by atoms with Crippen LogP contribution in [-0.4, -0.2) is 9.97 Å². The molecule has 2 rings (SSSR count). The molecule has 0 aliphatic rings. The van der Waals surface area contributed by atoms with Crippen LogP contribution in [0.2, 0.25) is 0 Å². The van der Waals surface area contributed by atoms with E-state index in [-0.39, 0.29) is 0 Å². The standard InChI is InChI=1S/C12H6F6N2/c13-11(14,15)9-5-1-4-8(20-9)7-3-2-6-19-10(7)12(16,17)18/h1-6H. The van der Waals surface area contributed by atoms with Crippen LogP contribution in [0.4, 0.5) is 26.3 Å². The highest BCUT2D eigenvalue weighted by molar-refractivity contribution is 5.62. The van der Waals surface area contributed by atoms with Crippen LogP contribution in [0, 0.1) is 0 Å². The van der Waals surface area contributed by atoms with E-state index in [1.165, 1.54) is 6.07 Å². The first-order valence-electron chi connectivity index (χ1n) is 5.26. The summed E-state index contributed by atoms with van der Waals surface area (Å²) >= 11 is 0. The van der Waals surface area contributed by atoms with Gasteiger partial charge in [0.2, 0.25) is 0 Å². The number of alkyl halides is 6. The molecule has 0 unspecified atom stereocenters. The van der Waals surface area contributed by atoms with Gasteiger partial charge in [0.05, 0.1) is 5.69 Å². The molecule has 0 N–H and O–H groups in total. The summed E-state index contributed by atoms with van der Waals surface area (Å²) in [6.07, 6.45) is -8.58. The number of rotatable bonds is 1. The van der Waals surface area contributed by atoms with Crippen molar-refractivity contribution in [3.63, 3.8) is 0 Å². The Kier molecular flexibility index (Phi) is 3.41. The minimum atomic E-state index is -4.77. The molecule has 106 valence electrons. The molecule has 0 atom stereocenters. The van der Waals surface area contributed by atoms with E-state index in [2.05, 4.69) is 9.97 Å². The zero-order valence-corrected chi connectivity index (χ0v) is 9.63. The Labute approximate surface area is 109 Å². The molecular formula is C12H6F6N2. The van der Waals surface area contributed by atoms with E-state index in [1.54, 1.807) is 0 Å². The highest BCUT2D eigenvalue weighted by atomic mass is 19.4. The summed E-state index contributed by atoms with van der Waals surface area (Å²) in [4.78, 5) is 6.40. The summed E-state index contributed by atoms with van der Waals surface area (Å²) < 4.78 is 75.8. The van der Waals surface area contributed by atoms with E-state index in [1.807, 2.05) is 0 Å². The van der Waals surface area contributed by atoms with Crippen molar-refractivity contribution in [2.45, 2.75) is 12.4 Å². The van der Waals surface area contributed by atoms with Crippen LogP contribution in [0.15, 0.2) is 36.5 Å². The summed E-state index contributed by atoms with van der Waals surface area (Å²) in [7, 11) is 0. The van der Waals surface area contributed by atoms with Crippen molar-refractivity contribution in [1.29, 1.82) is 0 Å². The van der Waals surface area contributed by atoms with Crippen molar-refractivity contribution < 1.29 is 26.3 Å². The molecule has 0 bridgehead atoms. The first-order chi connectivity index (χ1) is 9.19. The van der Waals surface area contributed by atoms with Crippen LogP contribution < -0.4 is 0 Å². The first kappa shape index (κ1) is 14.3. The number of hydrogen-bond acceptors (Lipinski definition) is 2. The second-order valence-corrected chi connectivity index (χ2v) is 3.80. The maximum atomic E-state index is 12.8. The highest BCUT2D eigenvalue weighted by Gasteiger charge is 2.37. The molecule has 2 aromatic rings. The lowest BCUT2D eigenvalue weighted by molar-refractivity contribution is -0.141. The second kappa shape index (κ2) is 4.77. The summed E-state index contributed by atoms with van der Waals surface area (Å²) in [5.41, 5.74) is -3.45. The third-order valence-electron chi connectivity index (χ3n) is 2.39. The fourth-order valence-electron chi connectivity index (χ4n) is 1.58. The van der Waals surface area contributed by atoms with E-state index in [4.69, 9.17) is 0 Å². The van der Waals surface area contributed by atoms with Gasteiger partial charge in [-0.2, -0.15) is 26.3 Å². The van der Waals surface area contributed by atoms with E-state index in [9.17, 15) is 26.3 Å². The third kappa shape index (κ3) is 2.89. The molecule has 2 heterocycles. The van der Waals surface area contributed by atoms with Crippen molar-refractivity contribution >= 4 is 0 Å². The van der Waals surface area contributed by atoms with Crippen LogP contribution >= 0.6 is 0 Å². The molecule has 0 saturated heterocycles. The Hall–Kier alpha value is -2.12. The average molecular weight is 292 g/mol. The van der Waals surface area contributed by atoms with Crippen LogP contribution in [0.1, 0.15) is 11.4 Å². The van der Waals surface area contributed by atoms with Crippen molar-refractivity contribution in [3.8, 4) is 11.3 Å². The number of aromatic nitrogens is 2. The topological polar surface area (TPSA) is 25.8 Å². The summed E-state index contributed by atoms with van der Waals surface area (Å²) in [5.74, 6) is 0. The zero-order valence-electron chi connectivity index (χ0n) is 9.63. The van der Waals surface area contributed by atoms with Crippen LogP contribution in [0.25, 0.3) is 11.3 Å². The van der Waals surface area contributed by atoms with Gasteiger partial charge in [0.15, 0.2) is 5.69 Å². The van der Waals surface area contributed by atoms with Crippen LogP contribution in [0.3, 0.4) is 0 Å². The molecule has 0 amide bonds. The normalized spacial score (nSPS) is 12.5. The Morgan fingerprint density at radius 1 is 0.800 bits per heavy atom. The molecule has 0 aromatic carbocycles. The quantitative estimate of drug-likeness (QED) is 0.737. The predicted octanol–water partition coefficient (Wildman–Crippen LogP) is 4.18. The zero-order chi connectivity index (χ0) is 15.0. The Bertz CT molecular complexity index is 618. The second-order valence-electron chi connectivity index (χ2n) is 3.80. The van der Waals surface area contributed by atoms with Crippen molar-refractivity contribution in [3.05, 3.63) is 47.9 Å². The molecule has 0 fully saturated rings. The van der Waals surface area contributed by atoms with Gasteiger partial charge in [-0.3, -0.25) is 4.98 Å². The van der Waals surface area contributed by atoms with E-state index in [0.717, 1.165) is 24.4 Å². The van der Waals surface area contributed by atoms with Crippen molar-refractivity contribution in [2.24, 2.45) is 0 Å². The number of halogens is 6. The van der Waals surface area contributed by atoms with Gasteiger partial charge in [0, 0.05) is 11.8 Å². The van der Waals surface area contributed by atoms with Crippen LogP contribution in [0.5, 0.6) is 0 Å². The highest BCUT2D eigenvalue weighted by Crippen LogP contribution is 2.35. The minimum absolute atomic E-state index is 0.430. The van der Waals surface area contributed by atoms with Gasteiger partial charge in [0.1, 0.15) is 5.69 Å². The van der Waals surface area contributed by atoms with Gasteiger partial charge in [-0.25, -0.2) is 4.98 Å². The molecule has 8 heteroatoms. The van der Waals surface area contributed by atoms with E-state index >= 15 is 0 Å². The smallest absolute Gasteiger partial charge is 0.251 e. The molecule has 2 nitrogen and oxygen atoms in total. The van der Waals surface area contributed by atoms with Gasteiger partial charge in [-0.15, -0.1) is 0 Å². The Balaban J connectivity index is 2.59. The van der Waals surface area contributed by atoms with Gasteiger partial charge >= 0.3 is 12.4 Å². The number of hydrogen-bond donors (Lipinski definition) is 0. The SMILES string of the molecule is FC(F)(F)c1cccc(-c2cccnc2C(F)(F)F)n1. The fourth-order valence-corrected chi connectivity index (χ4v) is 1.58. The third-order valence-corrected chi connectivity index (χ3v) is 2.39. The molecule has 0 aliphatic heterocycles. The number of nitrogens with zero attached hydrogens (tertiary/aromatic N) is 2. The first-order valence-corrected chi connectivity index (χ1v) is 5.26. The molecule has 0 spiro atoms. The van der Waals surface area contributed by atoms with Gasteiger partial charge < -0.3 is 0 Å². The maximum Gasteiger partial charge on any atom is 0.434 e. The van der Waals surface area contributed by atoms with Crippen molar-refractivity contribution in [2.75, 3.05) is 0 Å². The monoisotopic (exact) mass is 292 g/mol. The van der Waals surface area contributed by atoms with Crippen LogP contribution in [-0.2, 0) is 12.4 Å². The summed E-state index contributed by atoms with van der Waals surface area (Å²) in [6, 6.07) is 4.98. The van der Waals surface area contributed by atoms with E-state index < -0.39 is 35.0 Å². The molecule has 20 heavy (non-hydrogen) atoms. The molecular weight excluding hydrogens is 286 g/mol. The molecule has 0 aliphatic carbocycles. The Morgan fingerprint density at radius 3 is 2.10 bits per heavy atom. The van der Waals surface area contributed by atoms with Gasteiger partial charge in [-0.05, 0) is 24.3 Å².